The van der Waals surface area contributed by atoms with Crippen molar-refractivity contribution in [2.24, 2.45) is 5.92 Å². The molecule has 0 aromatic carbocycles. The fraction of sp³-hybridized carbons (Fsp3) is 0.917. The van der Waals surface area contributed by atoms with Gasteiger partial charge in [0.05, 0.1) is 0 Å². The number of nitrogens with one attached hydrogen (secondary N) is 1. The average Bonchev–Trinajstić information content (AvgIpc) is 2.23. The molecule has 1 atom stereocenters. The minimum absolute atomic E-state index is 0.0971. The van der Waals surface area contributed by atoms with Crippen LogP contribution in [0, 0.1) is 5.92 Å². The first-order chi connectivity index (χ1) is 7.20. The van der Waals surface area contributed by atoms with E-state index in [1.54, 1.807) is 0 Å². The molecule has 3 heteroatoms. The summed E-state index contributed by atoms with van der Waals surface area (Å²) >= 11 is 0. The topological polar surface area (TPSA) is 38.3 Å². The Hall–Kier alpha value is -0.570. The van der Waals surface area contributed by atoms with Gasteiger partial charge in [-0.25, -0.2) is 0 Å². The van der Waals surface area contributed by atoms with Crippen molar-refractivity contribution in [3.8, 4) is 0 Å². The van der Waals surface area contributed by atoms with Gasteiger partial charge in [0, 0.05) is 13.0 Å². The van der Waals surface area contributed by atoms with Crippen LogP contribution in [0.3, 0.4) is 0 Å². The van der Waals surface area contributed by atoms with E-state index in [9.17, 15) is 4.79 Å². The maximum Gasteiger partial charge on any atom is 0.222 e. The van der Waals surface area contributed by atoms with Gasteiger partial charge in [0.15, 0.2) is 0 Å². The Morgan fingerprint density at radius 2 is 2.07 bits per heavy atom. The maximum absolute atomic E-state index is 11.3. The summed E-state index contributed by atoms with van der Waals surface area (Å²) in [6.45, 7) is 7.45. The molecule has 0 aliphatic carbocycles. The number of carbonyl (C=O) groups excluding carboxylic acids is 1. The summed E-state index contributed by atoms with van der Waals surface area (Å²) in [6, 6.07) is 0. The molecule has 0 spiro atoms. The van der Waals surface area contributed by atoms with Crippen LogP contribution in [-0.2, 0) is 9.53 Å². The average molecular weight is 215 g/mol. The Morgan fingerprint density at radius 3 is 2.67 bits per heavy atom. The largest absolute Gasteiger partial charge is 0.361 e. The smallest absolute Gasteiger partial charge is 0.222 e. The van der Waals surface area contributed by atoms with Crippen LogP contribution in [0.2, 0.25) is 0 Å². The molecular formula is C12H25NO2. The van der Waals surface area contributed by atoms with E-state index in [0.717, 1.165) is 19.4 Å². The van der Waals surface area contributed by atoms with Gasteiger partial charge >= 0.3 is 0 Å². The molecule has 90 valence electrons. The fourth-order valence-electron chi connectivity index (χ4n) is 1.19. The molecule has 0 aromatic heterocycles. The molecule has 0 aromatic rings. The summed E-state index contributed by atoms with van der Waals surface area (Å²) in [5.41, 5.74) is 0. The van der Waals surface area contributed by atoms with Crippen LogP contribution < -0.4 is 5.32 Å². The molecule has 0 radical (unpaired) electrons. The van der Waals surface area contributed by atoms with E-state index in [4.69, 9.17) is 4.74 Å². The van der Waals surface area contributed by atoms with Gasteiger partial charge in [-0.1, -0.05) is 40.0 Å². The van der Waals surface area contributed by atoms with Gasteiger partial charge in [0.2, 0.25) is 5.91 Å². The Kier molecular flexibility index (Phi) is 9.59. The van der Waals surface area contributed by atoms with Gasteiger partial charge in [0.25, 0.3) is 0 Å². The molecule has 1 amide bonds. The Bertz CT molecular complexity index is 160. The number of ether oxygens (including phenoxy) is 1. The van der Waals surface area contributed by atoms with Crippen molar-refractivity contribution in [1.29, 1.82) is 0 Å². The molecule has 0 fully saturated rings. The predicted octanol–water partition coefficient (Wildman–Crippen LogP) is 2.70. The number of hydrogen-bond acceptors (Lipinski definition) is 2. The number of unbranched alkanes of at least 4 members (excludes halogenated alkanes) is 2. The Balaban J connectivity index is 3.24. The van der Waals surface area contributed by atoms with Crippen molar-refractivity contribution in [3.05, 3.63) is 0 Å². The van der Waals surface area contributed by atoms with Crippen LogP contribution in [0.4, 0.5) is 0 Å². The van der Waals surface area contributed by atoms with E-state index >= 15 is 0 Å². The molecule has 15 heavy (non-hydrogen) atoms. The number of amides is 1. The van der Waals surface area contributed by atoms with Crippen molar-refractivity contribution < 1.29 is 9.53 Å². The lowest BCUT2D eigenvalue weighted by Crippen LogP contribution is -2.27. The molecule has 3 nitrogen and oxygen atoms in total. The second-order valence-electron chi connectivity index (χ2n) is 4.08. The van der Waals surface area contributed by atoms with Gasteiger partial charge in [0.1, 0.15) is 6.73 Å². The Labute approximate surface area is 93.6 Å². The van der Waals surface area contributed by atoms with Crippen LogP contribution in [0.25, 0.3) is 0 Å². The summed E-state index contributed by atoms with van der Waals surface area (Å²) in [5, 5.41) is 2.76. The van der Waals surface area contributed by atoms with E-state index in [-0.39, 0.29) is 5.91 Å². The molecule has 0 aliphatic rings. The van der Waals surface area contributed by atoms with Gasteiger partial charge in [-0.05, 0) is 12.3 Å². The Morgan fingerprint density at radius 1 is 1.33 bits per heavy atom. The first-order valence-electron chi connectivity index (χ1n) is 6.05. The van der Waals surface area contributed by atoms with Crippen LogP contribution >= 0.6 is 0 Å². The quantitative estimate of drug-likeness (QED) is 0.474. The van der Waals surface area contributed by atoms with E-state index in [0.29, 0.717) is 19.1 Å². The second-order valence-corrected chi connectivity index (χ2v) is 4.08. The SMILES string of the molecule is CCCCCOCNC(=O)C[C@@H](C)CC. The summed E-state index contributed by atoms with van der Waals surface area (Å²) < 4.78 is 5.29. The van der Waals surface area contributed by atoms with Gasteiger partial charge in [-0.3, -0.25) is 4.79 Å². The fourth-order valence-corrected chi connectivity index (χ4v) is 1.19. The van der Waals surface area contributed by atoms with Crippen molar-refractivity contribution >= 4 is 5.91 Å². The number of carbonyl (C=O) groups is 1. The zero-order valence-electron chi connectivity index (χ0n) is 10.3. The third-order valence-electron chi connectivity index (χ3n) is 2.49. The zero-order valence-corrected chi connectivity index (χ0v) is 10.3. The molecule has 0 unspecified atom stereocenters. The third kappa shape index (κ3) is 9.73. The van der Waals surface area contributed by atoms with Crippen molar-refractivity contribution in [2.45, 2.75) is 52.9 Å². The summed E-state index contributed by atoms with van der Waals surface area (Å²) in [4.78, 5) is 11.3. The minimum Gasteiger partial charge on any atom is -0.361 e. The summed E-state index contributed by atoms with van der Waals surface area (Å²) in [7, 11) is 0. The van der Waals surface area contributed by atoms with Crippen LogP contribution in [-0.4, -0.2) is 19.2 Å². The van der Waals surface area contributed by atoms with Gasteiger partial charge < -0.3 is 10.1 Å². The molecule has 0 heterocycles. The molecule has 1 N–H and O–H groups in total. The normalized spacial score (nSPS) is 12.5. The van der Waals surface area contributed by atoms with Crippen LogP contribution in [0.1, 0.15) is 52.9 Å². The predicted molar refractivity (Wildman–Crippen MR) is 62.6 cm³/mol. The highest BCUT2D eigenvalue weighted by Crippen LogP contribution is 2.05. The summed E-state index contributed by atoms with van der Waals surface area (Å²) in [6.07, 6.45) is 5.13. The van der Waals surface area contributed by atoms with Crippen LogP contribution in [0.5, 0.6) is 0 Å². The molecule has 0 rings (SSSR count). The third-order valence-corrected chi connectivity index (χ3v) is 2.49. The highest BCUT2D eigenvalue weighted by atomic mass is 16.5. The first-order valence-corrected chi connectivity index (χ1v) is 6.05. The summed E-state index contributed by atoms with van der Waals surface area (Å²) in [5.74, 6) is 0.560. The monoisotopic (exact) mass is 215 g/mol. The highest BCUT2D eigenvalue weighted by Gasteiger charge is 2.05. The van der Waals surface area contributed by atoms with Gasteiger partial charge in [-0.2, -0.15) is 0 Å². The van der Waals surface area contributed by atoms with Crippen molar-refractivity contribution in [1.82, 2.24) is 5.32 Å². The van der Waals surface area contributed by atoms with Gasteiger partial charge in [-0.15, -0.1) is 0 Å². The van der Waals surface area contributed by atoms with Crippen molar-refractivity contribution in [3.63, 3.8) is 0 Å². The number of rotatable bonds is 9. The lowest BCUT2D eigenvalue weighted by molar-refractivity contribution is -0.123. The lowest BCUT2D eigenvalue weighted by atomic mass is 10.1. The molecular weight excluding hydrogens is 190 g/mol. The first kappa shape index (κ1) is 14.4. The lowest BCUT2D eigenvalue weighted by Gasteiger charge is -2.09. The van der Waals surface area contributed by atoms with E-state index in [2.05, 4.69) is 26.1 Å². The molecule has 0 saturated carbocycles. The van der Waals surface area contributed by atoms with E-state index in [1.165, 1.54) is 12.8 Å². The minimum atomic E-state index is 0.0971. The standard InChI is InChI=1S/C12H25NO2/c1-4-6-7-8-15-10-13-12(14)9-11(3)5-2/h11H,4-10H2,1-3H3,(H,13,14)/t11-/m0/s1. The maximum atomic E-state index is 11.3. The highest BCUT2D eigenvalue weighted by molar-refractivity contribution is 5.75. The van der Waals surface area contributed by atoms with Crippen LogP contribution in [0.15, 0.2) is 0 Å². The van der Waals surface area contributed by atoms with E-state index in [1.807, 2.05) is 0 Å². The molecule has 0 aliphatic heterocycles. The zero-order chi connectivity index (χ0) is 11.5. The number of hydrogen-bond donors (Lipinski definition) is 1. The van der Waals surface area contributed by atoms with E-state index < -0.39 is 0 Å². The molecule has 0 bridgehead atoms. The molecule has 0 saturated heterocycles. The second kappa shape index (κ2) is 9.97. The van der Waals surface area contributed by atoms with Crippen molar-refractivity contribution in [2.75, 3.05) is 13.3 Å².